The number of alkyl halides is 3. The van der Waals surface area contributed by atoms with Crippen LogP contribution in [0, 0.1) is 0 Å². The van der Waals surface area contributed by atoms with Gasteiger partial charge in [0.25, 0.3) is 0 Å². The van der Waals surface area contributed by atoms with Crippen LogP contribution < -0.4 is 15.5 Å². The highest BCUT2D eigenvalue weighted by Gasteiger charge is 2.29. The molecule has 0 saturated heterocycles. The summed E-state index contributed by atoms with van der Waals surface area (Å²) < 4.78 is 38.1. The minimum atomic E-state index is -4.39. The van der Waals surface area contributed by atoms with Gasteiger partial charge in [-0.05, 0) is 48.5 Å². The van der Waals surface area contributed by atoms with E-state index in [1.165, 1.54) is 12.1 Å². The average Bonchev–Trinajstić information content (AvgIpc) is 2.63. The second-order valence-corrected chi connectivity index (χ2v) is 6.45. The molecule has 0 aliphatic heterocycles. The number of rotatable bonds is 5. The first-order valence-corrected chi connectivity index (χ1v) is 8.49. The van der Waals surface area contributed by atoms with E-state index in [1.54, 1.807) is 43.3 Å². The van der Waals surface area contributed by atoms with Crippen molar-refractivity contribution >= 4 is 40.8 Å². The van der Waals surface area contributed by atoms with Crippen LogP contribution in [0.4, 0.5) is 42.4 Å². The third-order valence-corrected chi connectivity index (χ3v) is 3.84. The van der Waals surface area contributed by atoms with Crippen molar-refractivity contribution in [3.63, 3.8) is 0 Å². The molecule has 6 nitrogen and oxygen atoms in total. The maximum Gasteiger partial charge on any atom is 0.416 e. The normalized spacial score (nSPS) is 11.2. The Labute approximate surface area is 164 Å². The fourth-order valence-electron chi connectivity index (χ4n) is 2.21. The molecule has 2 N–H and O–H groups in total. The van der Waals surface area contributed by atoms with Gasteiger partial charge in [0.2, 0.25) is 17.8 Å². The van der Waals surface area contributed by atoms with Gasteiger partial charge in [0, 0.05) is 30.5 Å². The Kier molecular flexibility index (Phi) is 5.55. The number of nitrogens with zero attached hydrogens (tertiary/aromatic N) is 4. The van der Waals surface area contributed by atoms with E-state index in [1.807, 2.05) is 0 Å². The van der Waals surface area contributed by atoms with Crippen molar-refractivity contribution in [1.29, 1.82) is 0 Å². The van der Waals surface area contributed by atoms with Crippen molar-refractivity contribution in [2.75, 3.05) is 29.6 Å². The third kappa shape index (κ3) is 5.01. The molecule has 0 radical (unpaired) electrons. The first kappa shape index (κ1) is 19.7. The molecular weight excluding hydrogens is 393 g/mol. The van der Waals surface area contributed by atoms with Crippen molar-refractivity contribution < 1.29 is 13.2 Å². The lowest BCUT2D eigenvalue weighted by Gasteiger charge is -2.14. The SMILES string of the molecule is CN(C)c1nc(Nc2ccc(Cl)cc2)nc(Nc2ccc(C(F)(F)F)cc2)n1. The summed E-state index contributed by atoms with van der Waals surface area (Å²) in [7, 11) is 3.53. The summed E-state index contributed by atoms with van der Waals surface area (Å²) in [6.07, 6.45) is -4.39. The molecule has 10 heteroatoms. The van der Waals surface area contributed by atoms with E-state index in [2.05, 4.69) is 25.6 Å². The Morgan fingerprint density at radius 1 is 0.786 bits per heavy atom. The summed E-state index contributed by atoms with van der Waals surface area (Å²) in [4.78, 5) is 14.5. The van der Waals surface area contributed by atoms with Crippen LogP contribution in [0.2, 0.25) is 5.02 Å². The summed E-state index contributed by atoms with van der Waals surface area (Å²) in [5.74, 6) is 0.839. The van der Waals surface area contributed by atoms with Crippen molar-refractivity contribution in [2.45, 2.75) is 6.18 Å². The maximum atomic E-state index is 12.7. The largest absolute Gasteiger partial charge is 0.416 e. The molecule has 3 rings (SSSR count). The molecule has 0 atom stereocenters. The van der Waals surface area contributed by atoms with Gasteiger partial charge in [0.15, 0.2) is 0 Å². The Bertz CT molecular complexity index is 943. The molecule has 0 saturated carbocycles. The van der Waals surface area contributed by atoms with Crippen LogP contribution in [-0.2, 0) is 6.18 Å². The minimum absolute atomic E-state index is 0.190. The fraction of sp³-hybridized carbons (Fsp3) is 0.167. The highest BCUT2D eigenvalue weighted by atomic mass is 35.5. The number of anilines is 5. The molecule has 1 heterocycles. The quantitative estimate of drug-likeness (QED) is 0.612. The van der Waals surface area contributed by atoms with Crippen molar-refractivity contribution in [1.82, 2.24) is 15.0 Å². The lowest BCUT2D eigenvalue weighted by atomic mass is 10.2. The molecule has 0 spiro atoms. The number of benzene rings is 2. The van der Waals surface area contributed by atoms with E-state index in [0.29, 0.717) is 16.7 Å². The summed E-state index contributed by atoms with van der Waals surface area (Å²) in [5.41, 5.74) is 0.412. The van der Waals surface area contributed by atoms with Gasteiger partial charge in [-0.15, -0.1) is 0 Å². The number of aromatic nitrogens is 3. The van der Waals surface area contributed by atoms with Crippen LogP contribution in [0.5, 0.6) is 0 Å². The second kappa shape index (κ2) is 7.89. The summed E-state index contributed by atoms with van der Waals surface area (Å²) in [6, 6.07) is 11.6. The van der Waals surface area contributed by atoms with Gasteiger partial charge in [-0.1, -0.05) is 11.6 Å². The fourth-order valence-corrected chi connectivity index (χ4v) is 2.34. The van der Waals surface area contributed by atoms with E-state index >= 15 is 0 Å². The Morgan fingerprint density at radius 3 is 1.68 bits per heavy atom. The molecule has 0 fully saturated rings. The van der Waals surface area contributed by atoms with Crippen molar-refractivity contribution in [3.8, 4) is 0 Å². The average molecular weight is 409 g/mol. The van der Waals surface area contributed by atoms with Crippen LogP contribution >= 0.6 is 11.6 Å². The first-order valence-electron chi connectivity index (χ1n) is 8.11. The number of halogens is 4. The second-order valence-electron chi connectivity index (χ2n) is 6.01. The molecule has 3 aromatic rings. The summed E-state index contributed by atoms with van der Waals surface area (Å²) >= 11 is 5.88. The smallest absolute Gasteiger partial charge is 0.347 e. The van der Waals surface area contributed by atoms with E-state index in [9.17, 15) is 13.2 Å². The van der Waals surface area contributed by atoms with Crippen molar-refractivity contribution in [3.05, 3.63) is 59.1 Å². The number of hydrogen-bond acceptors (Lipinski definition) is 6. The lowest BCUT2D eigenvalue weighted by Crippen LogP contribution is -2.15. The maximum absolute atomic E-state index is 12.7. The molecular formula is C18H16ClF3N6. The molecule has 0 aliphatic rings. The topological polar surface area (TPSA) is 66.0 Å². The molecule has 28 heavy (non-hydrogen) atoms. The molecule has 2 aromatic carbocycles. The summed E-state index contributed by atoms with van der Waals surface area (Å²) in [6.45, 7) is 0. The van der Waals surface area contributed by atoms with Gasteiger partial charge in [-0.2, -0.15) is 28.1 Å². The van der Waals surface area contributed by atoms with Crippen LogP contribution in [0.1, 0.15) is 5.56 Å². The predicted molar refractivity (Wildman–Crippen MR) is 104 cm³/mol. The number of hydrogen-bond donors (Lipinski definition) is 2. The highest BCUT2D eigenvalue weighted by Crippen LogP contribution is 2.30. The van der Waals surface area contributed by atoms with Gasteiger partial charge < -0.3 is 15.5 Å². The van der Waals surface area contributed by atoms with E-state index in [0.717, 1.165) is 17.8 Å². The van der Waals surface area contributed by atoms with Crippen LogP contribution in [0.25, 0.3) is 0 Å². The monoisotopic (exact) mass is 408 g/mol. The Balaban J connectivity index is 1.85. The predicted octanol–water partition coefficient (Wildman–Crippen LogP) is 5.10. The molecule has 0 aliphatic carbocycles. The third-order valence-electron chi connectivity index (χ3n) is 3.59. The summed E-state index contributed by atoms with van der Waals surface area (Å²) in [5, 5.41) is 6.54. The zero-order chi connectivity index (χ0) is 20.3. The van der Waals surface area contributed by atoms with Crippen molar-refractivity contribution in [2.24, 2.45) is 0 Å². The first-order chi connectivity index (χ1) is 13.2. The molecule has 0 amide bonds. The molecule has 0 bridgehead atoms. The molecule has 0 unspecified atom stereocenters. The van der Waals surface area contributed by atoms with Gasteiger partial charge in [0.1, 0.15) is 0 Å². The Morgan fingerprint density at radius 2 is 1.25 bits per heavy atom. The van der Waals surface area contributed by atoms with E-state index in [-0.39, 0.29) is 11.9 Å². The zero-order valence-electron chi connectivity index (χ0n) is 14.9. The molecule has 1 aromatic heterocycles. The highest BCUT2D eigenvalue weighted by molar-refractivity contribution is 6.30. The van der Waals surface area contributed by atoms with Gasteiger partial charge in [0.05, 0.1) is 5.56 Å². The van der Waals surface area contributed by atoms with Gasteiger partial charge in [-0.25, -0.2) is 0 Å². The van der Waals surface area contributed by atoms with Crippen LogP contribution in [0.15, 0.2) is 48.5 Å². The van der Waals surface area contributed by atoms with E-state index in [4.69, 9.17) is 11.6 Å². The minimum Gasteiger partial charge on any atom is -0.347 e. The Hall–Kier alpha value is -3.07. The van der Waals surface area contributed by atoms with Crippen LogP contribution in [-0.4, -0.2) is 29.0 Å². The number of nitrogens with one attached hydrogen (secondary N) is 2. The van der Waals surface area contributed by atoms with E-state index < -0.39 is 11.7 Å². The standard InChI is InChI=1S/C18H16ClF3N6/c1-28(2)17-26-15(23-13-7-3-11(4-8-13)18(20,21)22)25-16(27-17)24-14-9-5-12(19)6-10-14/h3-10H,1-2H3,(H2,23,24,25,26,27). The van der Waals surface area contributed by atoms with Crippen LogP contribution in [0.3, 0.4) is 0 Å². The van der Waals surface area contributed by atoms with Gasteiger partial charge >= 0.3 is 6.18 Å². The molecule has 146 valence electrons. The lowest BCUT2D eigenvalue weighted by molar-refractivity contribution is -0.137. The zero-order valence-corrected chi connectivity index (χ0v) is 15.7. The van der Waals surface area contributed by atoms with Gasteiger partial charge in [-0.3, -0.25) is 0 Å².